The zero-order valence-electron chi connectivity index (χ0n) is 9.40. The molecule has 15 heavy (non-hydrogen) atoms. The Morgan fingerprint density at radius 1 is 1.67 bits per heavy atom. The highest BCUT2D eigenvalue weighted by Gasteiger charge is 2.05. The maximum atomic E-state index is 8.59. The van der Waals surface area contributed by atoms with Crippen LogP contribution in [0.4, 0.5) is 0 Å². The second-order valence-corrected chi connectivity index (χ2v) is 3.63. The van der Waals surface area contributed by atoms with Gasteiger partial charge in [-0.3, -0.25) is 0 Å². The number of aryl methyl sites for hydroxylation is 1. The summed E-state index contributed by atoms with van der Waals surface area (Å²) in [5.74, 6) is 1.08. The molecule has 4 nitrogen and oxygen atoms in total. The Hall–Kier alpha value is -1.34. The average Bonchev–Trinajstić information content (AvgIpc) is 2.63. The van der Waals surface area contributed by atoms with E-state index in [1.54, 1.807) is 0 Å². The fraction of sp³-hybridized carbons (Fsp3) is 0.636. The van der Waals surface area contributed by atoms with Crippen LogP contribution in [0.1, 0.15) is 25.6 Å². The van der Waals surface area contributed by atoms with E-state index in [0.29, 0.717) is 12.5 Å². The lowest BCUT2D eigenvalue weighted by Gasteiger charge is -2.12. The molecule has 4 heteroatoms. The van der Waals surface area contributed by atoms with Crippen molar-refractivity contribution in [2.45, 2.75) is 32.2 Å². The molecule has 0 aliphatic carbocycles. The van der Waals surface area contributed by atoms with E-state index in [1.165, 1.54) is 0 Å². The van der Waals surface area contributed by atoms with Gasteiger partial charge in [0.2, 0.25) is 0 Å². The zero-order chi connectivity index (χ0) is 11.1. The van der Waals surface area contributed by atoms with Crippen LogP contribution < -0.4 is 5.32 Å². The van der Waals surface area contributed by atoms with Gasteiger partial charge in [-0.2, -0.15) is 5.26 Å². The van der Waals surface area contributed by atoms with Crippen molar-refractivity contribution in [3.05, 3.63) is 18.2 Å². The quantitative estimate of drug-likeness (QED) is 0.762. The zero-order valence-corrected chi connectivity index (χ0v) is 9.40. The number of rotatable bonds is 6. The van der Waals surface area contributed by atoms with Crippen molar-refractivity contribution in [3.8, 4) is 6.07 Å². The molecule has 0 amide bonds. The van der Waals surface area contributed by atoms with E-state index in [2.05, 4.69) is 23.3 Å². The molecule has 0 radical (unpaired) electrons. The Kier molecular flexibility index (Phi) is 4.85. The Bertz CT molecular complexity index is 324. The van der Waals surface area contributed by atoms with Crippen molar-refractivity contribution in [1.82, 2.24) is 14.9 Å². The normalized spacial score (nSPS) is 12.3. The molecule has 0 fully saturated rings. The van der Waals surface area contributed by atoms with Gasteiger partial charge in [-0.25, -0.2) is 4.98 Å². The van der Waals surface area contributed by atoms with Crippen LogP contribution in [0, 0.1) is 11.3 Å². The topological polar surface area (TPSA) is 53.6 Å². The molecular formula is C11H18N4. The van der Waals surface area contributed by atoms with Crippen LogP contribution in [0.5, 0.6) is 0 Å². The second-order valence-electron chi connectivity index (χ2n) is 3.63. The molecule has 1 atom stereocenters. The summed E-state index contributed by atoms with van der Waals surface area (Å²) < 4.78 is 2.02. The summed E-state index contributed by atoms with van der Waals surface area (Å²) in [7, 11) is 1.99. The highest BCUT2D eigenvalue weighted by atomic mass is 15.0. The third kappa shape index (κ3) is 3.72. The van der Waals surface area contributed by atoms with Gasteiger partial charge in [0.1, 0.15) is 5.82 Å². The summed E-state index contributed by atoms with van der Waals surface area (Å²) in [6.07, 6.45) is 6.24. The molecule has 0 aromatic carbocycles. The number of hydrogen-bond acceptors (Lipinski definition) is 3. The van der Waals surface area contributed by atoms with Gasteiger partial charge in [0, 0.05) is 38.4 Å². The van der Waals surface area contributed by atoms with Gasteiger partial charge in [0.15, 0.2) is 0 Å². The molecule has 1 aromatic rings. The van der Waals surface area contributed by atoms with Crippen LogP contribution in [0.25, 0.3) is 0 Å². The van der Waals surface area contributed by atoms with E-state index in [9.17, 15) is 0 Å². The van der Waals surface area contributed by atoms with Crippen molar-refractivity contribution >= 4 is 0 Å². The lowest BCUT2D eigenvalue weighted by atomic mass is 10.1. The molecule has 0 saturated carbocycles. The molecular weight excluding hydrogens is 188 g/mol. The van der Waals surface area contributed by atoms with Crippen LogP contribution in [-0.2, 0) is 13.5 Å². The molecule has 0 aliphatic heterocycles. The summed E-state index contributed by atoms with van der Waals surface area (Å²) >= 11 is 0. The largest absolute Gasteiger partial charge is 0.338 e. The van der Waals surface area contributed by atoms with Crippen LogP contribution >= 0.6 is 0 Å². The first-order valence-electron chi connectivity index (χ1n) is 5.34. The van der Waals surface area contributed by atoms with Gasteiger partial charge in [0.25, 0.3) is 0 Å². The molecule has 1 unspecified atom stereocenters. The number of nitriles is 1. The van der Waals surface area contributed by atoms with E-state index in [-0.39, 0.29) is 0 Å². The molecule has 1 aromatic heterocycles. The number of nitrogens with zero attached hydrogens (tertiary/aromatic N) is 3. The summed E-state index contributed by atoms with van der Waals surface area (Å²) in [6.45, 7) is 2.97. The van der Waals surface area contributed by atoms with Crippen LogP contribution in [0.2, 0.25) is 0 Å². The monoisotopic (exact) mass is 206 g/mol. The maximum Gasteiger partial charge on any atom is 0.109 e. The van der Waals surface area contributed by atoms with Gasteiger partial charge in [-0.05, 0) is 6.42 Å². The van der Waals surface area contributed by atoms with Gasteiger partial charge in [-0.15, -0.1) is 0 Å². The van der Waals surface area contributed by atoms with E-state index in [0.717, 1.165) is 25.2 Å². The van der Waals surface area contributed by atoms with Gasteiger partial charge >= 0.3 is 0 Å². The third-order valence-corrected chi connectivity index (χ3v) is 2.53. The van der Waals surface area contributed by atoms with Crippen LogP contribution in [0.15, 0.2) is 12.4 Å². The van der Waals surface area contributed by atoms with Crippen LogP contribution in [-0.4, -0.2) is 22.1 Å². The lowest BCUT2D eigenvalue weighted by molar-refractivity contribution is 0.503. The lowest BCUT2D eigenvalue weighted by Crippen LogP contribution is -2.30. The highest BCUT2D eigenvalue weighted by molar-refractivity contribution is 4.92. The Labute approximate surface area is 90.9 Å². The third-order valence-electron chi connectivity index (χ3n) is 2.53. The van der Waals surface area contributed by atoms with Crippen molar-refractivity contribution in [2.75, 3.05) is 6.54 Å². The number of hydrogen-bond donors (Lipinski definition) is 1. The van der Waals surface area contributed by atoms with E-state index < -0.39 is 0 Å². The Balaban J connectivity index is 2.27. The maximum absolute atomic E-state index is 8.59. The molecule has 0 bridgehead atoms. The molecule has 82 valence electrons. The number of imidazole rings is 1. The summed E-state index contributed by atoms with van der Waals surface area (Å²) in [6, 6.07) is 2.51. The SMILES string of the molecule is CCC(CC#N)NCCc1nccn1C. The van der Waals surface area contributed by atoms with Gasteiger partial charge < -0.3 is 9.88 Å². The number of aromatic nitrogens is 2. The Morgan fingerprint density at radius 3 is 3.00 bits per heavy atom. The van der Waals surface area contributed by atoms with Crippen molar-refractivity contribution in [3.63, 3.8) is 0 Å². The fourth-order valence-corrected chi connectivity index (χ4v) is 1.50. The summed E-state index contributed by atoms with van der Waals surface area (Å²) in [4.78, 5) is 4.24. The second kappa shape index (κ2) is 6.20. The summed E-state index contributed by atoms with van der Waals surface area (Å²) in [5, 5.41) is 11.9. The minimum Gasteiger partial charge on any atom is -0.338 e. The van der Waals surface area contributed by atoms with Gasteiger partial charge in [0.05, 0.1) is 12.5 Å². The van der Waals surface area contributed by atoms with Crippen LogP contribution in [0.3, 0.4) is 0 Å². The molecule has 0 spiro atoms. The molecule has 1 rings (SSSR count). The minimum absolute atomic E-state index is 0.315. The van der Waals surface area contributed by atoms with E-state index >= 15 is 0 Å². The van der Waals surface area contributed by atoms with E-state index in [1.807, 2.05) is 24.0 Å². The average molecular weight is 206 g/mol. The van der Waals surface area contributed by atoms with Crippen molar-refractivity contribution in [2.24, 2.45) is 7.05 Å². The van der Waals surface area contributed by atoms with Crippen molar-refractivity contribution in [1.29, 1.82) is 5.26 Å². The number of nitrogens with one attached hydrogen (secondary N) is 1. The standard InChI is InChI=1S/C11H18N4/c1-3-10(4-6-12)13-7-5-11-14-8-9-15(11)2/h8-10,13H,3-5,7H2,1-2H3. The molecule has 0 aliphatic rings. The minimum atomic E-state index is 0.315. The first-order chi connectivity index (χ1) is 7.27. The fourth-order valence-electron chi connectivity index (χ4n) is 1.50. The first kappa shape index (κ1) is 11.7. The molecule has 0 saturated heterocycles. The molecule has 1 N–H and O–H groups in total. The Morgan fingerprint density at radius 2 is 2.47 bits per heavy atom. The summed E-state index contributed by atoms with van der Waals surface area (Å²) in [5.41, 5.74) is 0. The first-order valence-corrected chi connectivity index (χ1v) is 5.34. The van der Waals surface area contributed by atoms with E-state index in [4.69, 9.17) is 5.26 Å². The molecule has 1 heterocycles. The predicted octanol–water partition coefficient (Wildman–Crippen LogP) is 1.24. The van der Waals surface area contributed by atoms with Gasteiger partial charge in [-0.1, -0.05) is 6.92 Å². The smallest absolute Gasteiger partial charge is 0.109 e. The predicted molar refractivity (Wildman–Crippen MR) is 59.2 cm³/mol. The van der Waals surface area contributed by atoms with Crippen molar-refractivity contribution < 1.29 is 0 Å². The highest BCUT2D eigenvalue weighted by Crippen LogP contribution is 1.98.